The fourth-order valence-electron chi connectivity index (χ4n) is 0.646. The molecule has 1 atom stereocenters. The summed E-state index contributed by atoms with van der Waals surface area (Å²) in [5.41, 5.74) is 5.18. The van der Waals surface area contributed by atoms with Gasteiger partial charge in [0.05, 0.1) is 6.07 Å². The SMILES string of the molecule is CC(C#N)S(=O)(=O)N(C)CCN. The number of nitrogens with zero attached hydrogens (tertiary/aromatic N) is 2. The summed E-state index contributed by atoms with van der Waals surface area (Å²) in [6.45, 7) is 1.85. The number of rotatable bonds is 4. The number of hydrogen-bond acceptors (Lipinski definition) is 4. The standard InChI is InChI=1S/C6H13N3O2S/c1-6(5-8)12(10,11)9(2)4-3-7/h6H,3-4,7H2,1-2H3. The molecule has 0 spiro atoms. The van der Waals surface area contributed by atoms with Crippen LogP contribution in [0, 0.1) is 11.3 Å². The molecule has 5 nitrogen and oxygen atoms in total. The highest BCUT2D eigenvalue weighted by atomic mass is 32.2. The third-order valence-electron chi connectivity index (χ3n) is 1.51. The first kappa shape index (κ1) is 11.4. The van der Waals surface area contributed by atoms with Crippen molar-refractivity contribution in [3.05, 3.63) is 0 Å². The van der Waals surface area contributed by atoms with E-state index in [1.165, 1.54) is 14.0 Å². The summed E-state index contributed by atoms with van der Waals surface area (Å²) in [7, 11) is -2.05. The Bertz CT molecular complexity index is 267. The largest absolute Gasteiger partial charge is 0.329 e. The molecule has 0 aromatic rings. The van der Waals surface area contributed by atoms with Crippen molar-refractivity contribution in [2.45, 2.75) is 12.2 Å². The predicted molar refractivity (Wildman–Crippen MR) is 45.7 cm³/mol. The summed E-state index contributed by atoms with van der Waals surface area (Å²) < 4.78 is 23.7. The van der Waals surface area contributed by atoms with E-state index in [1.54, 1.807) is 6.07 Å². The maximum atomic E-state index is 11.3. The van der Waals surface area contributed by atoms with E-state index in [4.69, 9.17) is 11.0 Å². The zero-order valence-electron chi connectivity index (χ0n) is 7.19. The first-order chi connectivity index (χ1) is 5.46. The van der Waals surface area contributed by atoms with E-state index < -0.39 is 15.3 Å². The lowest BCUT2D eigenvalue weighted by molar-refractivity contribution is 0.473. The smallest absolute Gasteiger partial charge is 0.229 e. The van der Waals surface area contributed by atoms with Gasteiger partial charge < -0.3 is 5.73 Å². The van der Waals surface area contributed by atoms with Crippen molar-refractivity contribution in [3.8, 4) is 6.07 Å². The molecule has 0 radical (unpaired) electrons. The van der Waals surface area contributed by atoms with Crippen molar-refractivity contribution in [2.75, 3.05) is 20.1 Å². The van der Waals surface area contributed by atoms with Crippen LogP contribution in [0.5, 0.6) is 0 Å². The summed E-state index contributed by atoms with van der Waals surface area (Å²) in [5, 5.41) is 7.39. The second-order valence-corrected chi connectivity index (χ2v) is 4.79. The van der Waals surface area contributed by atoms with Crippen LogP contribution in [-0.4, -0.2) is 38.1 Å². The molecule has 0 aliphatic rings. The predicted octanol–water partition coefficient (Wildman–Crippen LogP) is -0.881. The Hall–Kier alpha value is -0.640. The quantitative estimate of drug-likeness (QED) is 0.625. The number of likely N-dealkylation sites (N-methyl/N-ethyl adjacent to an activating group) is 1. The fourth-order valence-corrected chi connectivity index (χ4v) is 1.68. The average molecular weight is 191 g/mol. The maximum Gasteiger partial charge on any atom is 0.229 e. The lowest BCUT2D eigenvalue weighted by Gasteiger charge is -2.16. The van der Waals surface area contributed by atoms with Crippen LogP contribution in [-0.2, 0) is 10.0 Å². The van der Waals surface area contributed by atoms with Gasteiger partial charge in [0.25, 0.3) is 0 Å². The van der Waals surface area contributed by atoms with Crippen LogP contribution in [0.4, 0.5) is 0 Å². The average Bonchev–Trinajstić information content (AvgIpc) is 2.03. The number of nitrogens with two attached hydrogens (primary N) is 1. The fraction of sp³-hybridized carbons (Fsp3) is 0.833. The normalized spacial score (nSPS) is 14.2. The zero-order valence-corrected chi connectivity index (χ0v) is 8.00. The first-order valence-electron chi connectivity index (χ1n) is 3.51. The minimum atomic E-state index is -3.46. The van der Waals surface area contributed by atoms with Crippen LogP contribution in [0.2, 0.25) is 0 Å². The van der Waals surface area contributed by atoms with Gasteiger partial charge in [-0.05, 0) is 6.92 Å². The second-order valence-electron chi connectivity index (χ2n) is 2.43. The minimum Gasteiger partial charge on any atom is -0.329 e. The van der Waals surface area contributed by atoms with Crippen molar-refractivity contribution >= 4 is 10.0 Å². The van der Waals surface area contributed by atoms with Gasteiger partial charge in [0.1, 0.15) is 0 Å². The van der Waals surface area contributed by atoms with Gasteiger partial charge in [-0.25, -0.2) is 12.7 Å². The Morgan fingerprint density at radius 2 is 2.17 bits per heavy atom. The second kappa shape index (κ2) is 4.40. The first-order valence-corrected chi connectivity index (χ1v) is 5.02. The topological polar surface area (TPSA) is 87.2 Å². The molecule has 6 heteroatoms. The van der Waals surface area contributed by atoms with Crippen LogP contribution in [0.3, 0.4) is 0 Å². The van der Waals surface area contributed by atoms with Gasteiger partial charge in [0.2, 0.25) is 10.0 Å². The van der Waals surface area contributed by atoms with Crippen LogP contribution in [0.1, 0.15) is 6.92 Å². The lowest BCUT2D eigenvalue weighted by Crippen LogP contribution is -2.37. The van der Waals surface area contributed by atoms with Crippen molar-refractivity contribution in [2.24, 2.45) is 5.73 Å². The van der Waals surface area contributed by atoms with Gasteiger partial charge in [-0.1, -0.05) is 0 Å². The molecule has 0 saturated heterocycles. The molecule has 0 aromatic carbocycles. The summed E-state index contributed by atoms with van der Waals surface area (Å²) >= 11 is 0. The van der Waals surface area contributed by atoms with Gasteiger partial charge in [-0.2, -0.15) is 5.26 Å². The Labute approximate surface area is 72.8 Å². The van der Waals surface area contributed by atoms with Crippen LogP contribution in [0.15, 0.2) is 0 Å². The molecule has 0 saturated carbocycles. The Morgan fingerprint density at radius 3 is 2.50 bits per heavy atom. The summed E-state index contributed by atoms with van der Waals surface area (Å²) in [6.07, 6.45) is 0. The van der Waals surface area contributed by atoms with E-state index in [-0.39, 0.29) is 13.1 Å². The zero-order chi connectivity index (χ0) is 9.78. The number of sulfonamides is 1. The van der Waals surface area contributed by atoms with Crippen molar-refractivity contribution in [1.29, 1.82) is 5.26 Å². The molecule has 0 amide bonds. The molecule has 1 unspecified atom stereocenters. The molecule has 70 valence electrons. The van der Waals surface area contributed by atoms with Gasteiger partial charge in [-0.15, -0.1) is 0 Å². The molecule has 0 bridgehead atoms. The Morgan fingerprint density at radius 1 is 1.67 bits per heavy atom. The van der Waals surface area contributed by atoms with Crippen LogP contribution >= 0.6 is 0 Å². The highest BCUT2D eigenvalue weighted by Crippen LogP contribution is 2.04. The van der Waals surface area contributed by atoms with Crippen LogP contribution in [0.25, 0.3) is 0 Å². The molecule has 0 rings (SSSR count). The third-order valence-corrected chi connectivity index (χ3v) is 3.56. The molecule has 2 N–H and O–H groups in total. The Balaban J connectivity index is 4.53. The molecule has 0 aromatic heterocycles. The van der Waals surface area contributed by atoms with Crippen molar-refractivity contribution in [3.63, 3.8) is 0 Å². The number of nitriles is 1. The molecular weight excluding hydrogens is 178 g/mol. The van der Waals surface area contributed by atoms with Gasteiger partial charge in [0, 0.05) is 20.1 Å². The highest BCUT2D eigenvalue weighted by Gasteiger charge is 2.24. The van der Waals surface area contributed by atoms with Crippen LogP contribution < -0.4 is 5.73 Å². The third kappa shape index (κ3) is 2.44. The summed E-state index contributed by atoms with van der Waals surface area (Å²) in [4.78, 5) is 0. The molecule has 0 heterocycles. The minimum absolute atomic E-state index is 0.244. The van der Waals surface area contributed by atoms with E-state index in [2.05, 4.69) is 0 Å². The molecule has 12 heavy (non-hydrogen) atoms. The number of hydrogen-bond donors (Lipinski definition) is 1. The van der Waals surface area contributed by atoms with E-state index in [0.717, 1.165) is 4.31 Å². The molecule has 0 aliphatic heterocycles. The molecular formula is C6H13N3O2S. The monoisotopic (exact) mass is 191 g/mol. The van der Waals surface area contributed by atoms with Gasteiger partial charge in [-0.3, -0.25) is 0 Å². The molecule has 0 fully saturated rings. The van der Waals surface area contributed by atoms with E-state index in [1.807, 2.05) is 0 Å². The van der Waals surface area contributed by atoms with Crippen molar-refractivity contribution in [1.82, 2.24) is 4.31 Å². The summed E-state index contributed by atoms with van der Waals surface area (Å²) in [6, 6.07) is 1.67. The lowest BCUT2D eigenvalue weighted by atomic mass is 10.5. The Kier molecular flexibility index (Phi) is 4.17. The highest BCUT2D eigenvalue weighted by molar-refractivity contribution is 7.89. The van der Waals surface area contributed by atoms with Crippen molar-refractivity contribution < 1.29 is 8.42 Å². The van der Waals surface area contributed by atoms with E-state index in [0.29, 0.717) is 0 Å². The maximum absolute atomic E-state index is 11.3. The van der Waals surface area contributed by atoms with Gasteiger partial charge in [0.15, 0.2) is 5.25 Å². The van der Waals surface area contributed by atoms with E-state index >= 15 is 0 Å². The van der Waals surface area contributed by atoms with E-state index in [9.17, 15) is 8.42 Å². The van der Waals surface area contributed by atoms with Gasteiger partial charge >= 0.3 is 0 Å². The molecule has 0 aliphatic carbocycles. The summed E-state index contributed by atoms with van der Waals surface area (Å²) in [5.74, 6) is 0.